The van der Waals surface area contributed by atoms with Crippen LogP contribution in [0.5, 0.6) is 0 Å². The summed E-state index contributed by atoms with van der Waals surface area (Å²) in [6, 6.07) is 16.2. The van der Waals surface area contributed by atoms with Crippen molar-refractivity contribution in [2.75, 3.05) is 11.9 Å². The monoisotopic (exact) mass is 430 g/mol. The number of rotatable bonds is 7. The second kappa shape index (κ2) is 8.99. The predicted octanol–water partition coefficient (Wildman–Crippen LogP) is 4.74. The molecule has 0 unspecified atom stereocenters. The fourth-order valence-corrected chi connectivity index (χ4v) is 3.63. The van der Waals surface area contributed by atoms with E-state index in [1.807, 2.05) is 87.0 Å². The van der Waals surface area contributed by atoms with Crippen LogP contribution in [0.4, 0.5) is 5.95 Å². The Labute approximate surface area is 189 Å². The molecule has 1 aliphatic rings. The van der Waals surface area contributed by atoms with Gasteiger partial charge in [0, 0.05) is 29.4 Å². The Morgan fingerprint density at radius 3 is 2.19 bits per heavy atom. The minimum absolute atomic E-state index is 0.0215. The molecule has 0 bridgehead atoms. The van der Waals surface area contributed by atoms with Crippen LogP contribution in [0, 0.1) is 19.8 Å². The van der Waals surface area contributed by atoms with Gasteiger partial charge in [-0.05, 0) is 52.7 Å². The van der Waals surface area contributed by atoms with Crippen LogP contribution in [0.25, 0.3) is 16.9 Å². The van der Waals surface area contributed by atoms with Crippen LogP contribution in [-0.4, -0.2) is 38.9 Å². The maximum atomic E-state index is 12.9. The molecule has 1 heterocycles. The number of benzene rings is 2. The second-order valence-corrected chi connectivity index (χ2v) is 8.90. The molecule has 1 N–H and O–H groups in total. The van der Waals surface area contributed by atoms with E-state index in [1.165, 1.54) is 5.56 Å². The number of aryl methyl sites for hydroxylation is 2. The van der Waals surface area contributed by atoms with Crippen molar-refractivity contribution in [1.82, 2.24) is 14.5 Å². The van der Waals surface area contributed by atoms with E-state index in [-0.39, 0.29) is 30.3 Å². The summed E-state index contributed by atoms with van der Waals surface area (Å²) in [6.45, 7) is 7.99. The summed E-state index contributed by atoms with van der Waals surface area (Å²) in [7, 11) is 0. The molecule has 0 aliphatic heterocycles. The number of hydrogen-bond acceptors (Lipinski definition) is 3. The van der Waals surface area contributed by atoms with Gasteiger partial charge in [0.25, 0.3) is 0 Å². The standard InChI is InChI=1S/C26H30N4O2/c1-17(2)29(25(32)21-11-12-21)16-24(31)28-26-27-23(20-9-5-18(3)6-10-20)15-30(26)22-13-7-19(4)8-14-22/h5-10,13-15,17,21H,11-12,16H2,1-4H3,(H,27,28,31). The zero-order valence-corrected chi connectivity index (χ0v) is 19.1. The van der Waals surface area contributed by atoms with Crippen molar-refractivity contribution in [2.24, 2.45) is 5.92 Å². The summed E-state index contributed by atoms with van der Waals surface area (Å²) in [4.78, 5) is 31.9. The molecule has 3 aromatic rings. The highest BCUT2D eigenvalue weighted by molar-refractivity contribution is 5.94. The lowest BCUT2D eigenvalue weighted by atomic mass is 10.1. The first kappa shape index (κ1) is 21.8. The van der Waals surface area contributed by atoms with Gasteiger partial charge in [0.1, 0.15) is 6.54 Å². The maximum absolute atomic E-state index is 12.9. The van der Waals surface area contributed by atoms with E-state index in [2.05, 4.69) is 5.32 Å². The van der Waals surface area contributed by atoms with E-state index in [9.17, 15) is 9.59 Å². The van der Waals surface area contributed by atoms with Gasteiger partial charge in [-0.2, -0.15) is 0 Å². The zero-order chi connectivity index (χ0) is 22.8. The molecule has 0 radical (unpaired) electrons. The molecule has 2 amide bonds. The first-order valence-electron chi connectivity index (χ1n) is 11.2. The number of amides is 2. The van der Waals surface area contributed by atoms with Crippen LogP contribution < -0.4 is 5.32 Å². The van der Waals surface area contributed by atoms with E-state index in [4.69, 9.17) is 4.98 Å². The summed E-state index contributed by atoms with van der Waals surface area (Å²) in [5.74, 6) is 0.337. The number of carbonyl (C=O) groups excluding carboxylic acids is 2. The first-order chi connectivity index (χ1) is 15.3. The highest BCUT2D eigenvalue weighted by Gasteiger charge is 2.35. The van der Waals surface area contributed by atoms with Crippen molar-refractivity contribution >= 4 is 17.8 Å². The summed E-state index contributed by atoms with van der Waals surface area (Å²) in [5.41, 5.74) is 4.99. The molecule has 0 saturated heterocycles. The normalized spacial score (nSPS) is 13.3. The van der Waals surface area contributed by atoms with Crippen molar-refractivity contribution in [3.05, 3.63) is 65.9 Å². The molecule has 1 aromatic heterocycles. The van der Waals surface area contributed by atoms with Gasteiger partial charge in [0.2, 0.25) is 17.8 Å². The lowest BCUT2D eigenvalue weighted by Crippen LogP contribution is -2.43. The van der Waals surface area contributed by atoms with Gasteiger partial charge in [-0.25, -0.2) is 4.98 Å². The Balaban J connectivity index is 1.62. The quantitative estimate of drug-likeness (QED) is 0.589. The molecular formula is C26H30N4O2. The summed E-state index contributed by atoms with van der Waals surface area (Å²) in [6.07, 6.45) is 3.77. The smallest absolute Gasteiger partial charge is 0.246 e. The molecule has 1 saturated carbocycles. The Hall–Kier alpha value is -3.41. The number of nitrogens with zero attached hydrogens (tertiary/aromatic N) is 3. The van der Waals surface area contributed by atoms with Gasteiger partial charge in [-0.15, -0.1) is 0 Å². The SMILES string of the molecule is Cc1ccc(-c2cn(-c3ccc(C)cc3)c(NC(=O)CN(C(=O)C3CC3)C(C)C)n2)cc1. The van der Waals surface area contributed by atoms with Gasteiger partial charge in [0.15, 0.2) is 0 Å². The number of imidazole rings is 1. The third-order valence-corrected chi connectivity index (χ3v) is 5.76. The maximum Gasteiger partial charge on any atom is 0.246 e. The number of hydrogen-bond donors (Lipinski definition) is 1. The van der Waals surface area contributed by atoms with Crippen LogP contribution in [0.2, 0.25) is 0 Å². The van der Waals surface area contributed by atoms with Crippen molar-refractivity contribution in [3.8, 4) is 16.9 Å². The van der Waals surface area contributed by atoms with Crippen molar-refractivity contribution in [2.45, 2.75) is 46.6 Å². The van der Waals surface area contributed by atoms with Crippen LogP contribution in [0.1, 0.15) is 37.8 Å². The Morgan fingerprint density at radius 2 is 1.62 bits per heavy atom. The number of carbonyl (C=O) groups is 2. The van der Waals surface area contributed by atoms with Gasteiger partial charge < -0.3 is 4.90 Å². The minimum atomic E-state index is -0.248. The highest BCUT2D eigenvalue weighted by atomic mass is 16.2. The number of aromatic nitrogens is 2. The van der Waals surface area contributed by atoms with E-state index in [0.717, 1.165) is 35.3 Å². The van der Waals surface area contributed by atoms with E-state index < -0.39 is 0 Å². The Kier molecular flexibility index (Phi) is 6.12. The highest BCUT2D eigenvalue weighted by Crippen LogP contribution is 2.31. The van der Waals surface area contributed by atoms with E-state index in [1.54, 1.807) is 4.90 Å². The van der Waals surface area contributed by atoms with Crippen LogP contribution in [-0.2, 0) is 9.59 Å². The summed E-state index contributed by atoms with van der Waals surface area (Å²) < 4.78 is 1.88. The minimum Gasteiger partial charge on any atom is -0.331 e. The lowest BCUT2D eigenvalue weighted by molar-refractivity contribution is -0.137. The van der Waals surface area contributed by atoms with Gasteiger partial charge in [-0.1, -0.05) is 47.5 Å². The van der Waals surface area contributed by atoms with Gasteiger partial charge in [0.05, 0.1) is 5.69 Å². The Morgan fingerprint density at radius 1 is 1.03 bits per heavy atom. The third-order valence-electron chi connectivity index (χ3n) is 5.76. The number of anilines is 1. The van der Waals surface area contributed by atoms with Crippen molar-refractivity contribution < 1.29 is 9.59 Å². The fraction of sp³-hybridized carbons (Fsp3) is 0.346. The van der Waals surface area contributed by atoms with Crippen LogP contribution in [0.3, 0.4) is 0 Å². The molecule has 32 heavy (non-hydrogen) atoms. The summed E-state index contributed by atoms with van der Waals surface area (Å²) >= 11 is 0. The van der Waals surface area contributed by atoms with Gasteiger partial charge >= 0.3 is 0 Å². The predicted molar refractivity (Wildman–Crippen MR) is 127 cm³/mol. The molecule has 0 spiro atoms. The van der Waals surface area contributed by atoms with E-state index in [0.29, 0.717) is 5.95 Å². The second-order valence-electron chi connectivity index (χ2n) is 8.90. The number of nitrogens with one attached hydrogen (secondary N) is 1. The molecule has 1 aliphatic carbocycles. The van der Waals surface area contributed by atoms with Crippen molar-refractivity contribution in [1.29, 1.82) is 0 Å². The fourth-order valence-electron chi connectivity index (χ4n) is 3.63. The molecule has 1 fully saturated rings. The first-order valence-corrected chi connectivity index (χ1v) is 11.2. The third kappa shape index (κ3) is 4.90. The zero-order valence-electron chi connectivity index (χ0n) is 19.1. The Bertz CT molecular complexity index is 1110. The lowest BCUT2D eigenvalue weighted by Gasteiger charge is -2.26. The van der Waals surface area contributed by atoms with Crippen LogP contribution >= 0.6 is 0 Å². The van der Waals surface area contributed by atoms with Gasteiger partial charge in [-0.3, -0.25) is 19.5 Å². The summed E-state index contributed by atoms with van der Waals surface area (Å²) in [5, 5.41) is 2.94. The molecule has 6 nitrogen and oxygen atoms in total. The topological polar surface area (TPSA) is 67.2 Å². The largest absolute Gasteiger partial charge is 0.331 e. The molecule has 6 heteroatoms. The molecule has 166 valence electrons. The molecule has 0 atom stereocenters. The molecule has 2 aromatic carbocycles. The molecule has 4 rings (SSSR count). The van der Waals surface area contributed by atoms with E-state index >= 15 is 0 Å². The molecular weight excluding hydrogens is 400 g/mol. The average molecular weight is 431 g/mol. The van der Waals surface area contributed by atoms with Crippen molar-refractivity contribution in [3.63, 3.8) is 0 Å². The van der Waals surface area contributed by atoms with Crippen LogP contribution in [0.15, 0.2) is 54.7 Å². The average Bonchev–Trinajstić information content (AvgIpc) is 3.53.